The molecule has 0 radical (unpaired) electrons. The zero-order chi connectivity index (χ0) is 15.4. The number of hydrogen-bond donors (Lipinski definition) is 2. The number of halogens is 2. The van der Waals surface area contributed by atoms with Crippen LogP contribution in [-0.2, 0) is 4.79 Å². The number of carbonyl (C=O) groups is 1. The highest BCUT2D eigenvalue weighted by atomic mass is 35.5. The lowest BCUT2D eigenvalue weighted by molar-refractivity contribution is -0.115. The fraction of sp³-hybridized carbons (Fsp3) is 0.143. The second-order valence-corrected chi connectivity index (χ2v) is 6.02. The first-order valence-corrected chi connectivity index (χ1v) is 7.36. The van der Waals surface area contributed by atoms with Gasteiger partial charge in [0.1, 0.15) is 10.8 Å². The number of nitrogens with zero attached hydrogens (tertiary/aromatic N) is 1. The Morgan fingerprint density at radius 1 is 1.48 bits per heavy atom. The number of nitrogens with two attached hydrogens (primary N) is 1. The fourth-order valence-electron chi connectivity index (χ4n) is 1.55. The molecule has 21 heavy (non-hydrogen) atoms. The Morgan fingerprint density at radius 3 is 2.95 bits per heavy atom. The van der Waals surface area contributed by atoms with Crippen LogP contribution in [0.15, 0.2) is 41.6 Å². The van der Waals surface area contributed by atoms with Gasteiger partial charge in [0, 0.05) is 11.9 Å². The fourth-order valence-corrected chi connectivity index (χ4v) is 2.61. The van der Waals surface area contributed by atoms with Crippen molar-refractivity contribution in [1.82, 2.24) is 4.98 Å². The molecule has 2 aromatic rings. The molecule has 2 rings (SSSR count). The Balaban J connectivity index is 2.06. The van der Waals surface area contributed by atoms with Crippen LogP contribution >= 0.6 is 23.4 Å². The number of amides is 1. The van der Waals surface area contributed by atoms with Crippen LogP contribution in [0.5, 0.6) is 0 Å². The molecule has 3 N–H and O–H groups in total. The van der Waals surface area contributed by atoms with Gasteiger partial charge in [0.2, 0.25) is 5.91 Å². The van der Waals surface area contributed by atoms with Crippen LogP contribution < -0.4 is 11.1 Å². The van der Waals surface area contributed by atoms with Crippen molar-refractivity contribution in [3.8, 4) is 0 Å². The summed E-state index contributed by atoms with van der Waals surface area (Å²) in [5.74, 6) is -0.892. The Bertz CT molecular complexity index is 668. The molecular weight excluding hydrogens is 313 g/mol. The van der Waals surface area contributed by atoms with Crippen LogP contribution in [0.3, 0.4) is 0 Å². The first-order chi connectivity index (χ1) is 9.97. The van der Waals surface area contributed by atoms with Crippen molar-refractivity contribution >= 4 is 40.6 Å². The molecular formula is C14H13ClFN3OS. The molecule has 0 spiro atoms. The van der Waals surface area contributed by atoms with Crippen molar-refractivity contribution < 1.29 is 9.18 Å². The number of benzene rings is 1. The van der Waals surface area contributed by atoms with Crippen molar-refractivity contribution in [3.63, 3.8) is 0 Å². The minimum atomic E-state index is -0.536. The lowest BCUT2D eigenvalue weighted by atomic mass is 10.2. The van der Waals surface area contributed by atoms with E-state index in [0.29, 0.717) is 15.7 Å². The van der Waals surface area contributed by atoms with E-state index in [0.717, 1.165) is 0 Å². The molecule has 0 aliphatic heterocycles. The van der Waals surface area contributed by atoms with Crippen molar-refractivity contribution in [1.29, 1.82) is 0 Å². The molecule has 0 fully saturated rings. The molecule has 1 heterocycles. The molecule has 0 aliphatic rings. The van der Waals surface area contributed by atoms with Crippen molar-refractivity contribution in [2.75, 3.05) is 11.1 Å². The summed E-state index contributed by atoms with van der Waals surface area (Å²) in [7, 11) is 0. The summed E-state index contributed by atoms with van der Waals surface area (Å²) >= 11 is 7.19. The summed E-state index contributed by atoms with van der Waals surface area (Å²) in [6, 6.07) is 7.41. The van der Waals surface area contributed by atoms with Crippen LogP contribution in [0.25, 0.3) is 0 Å². The SMILES string of the molecule is CC(Sc1ncccc1Cl)C(=O)Nc1cc(N)ccc1F. The third-order valence-corrected chi connectivity index (χ3v) is 4.16. The highest BCUT2D eigenvalue weighted by Gasteiger charge is 2.18. The van der Waals surface area contributed by atoms with E-state index in [1.807, 2.05) is 0 Å². The van der Waals surface area contributed by atoms with Gasteiger partial charge in [-0.05, 0) is 37.3 Å². The minimum absolute atomic E-state index is 0.0552. The van der Waals surface area contributed by atoms with Crippen LogP contribution in [0.1, 0.15) is 6.92 Å². The molecule has 0 saturated heterocycles. The zero-order valence-electron chi connectivity index (χ0n) is 11.1. The summed E-state index contributed by atoms with van der Waals surface area (Å²) in [4.78, 5) is 16.2. The highest BCUT2D eigenvalue weighted by molar-refractivity contribution is 8.00. The van der Waals surface area contributed by atoms with Gasteiger partial charge in [0.25, 0.3) is 0 Å². The largest absolute Gasteiger partial charge is 0.399 e. The summed E-state index contributed by atoms with van der Waals surface area (Å²) in [6.45, 7) is 1.69. The van der Waals surface area contributed by atoms with Crippen molar-refractivity contribution in [3.05, 3.63) is 47.4 Å². The van der Waals surface area contributed by atoms with E-state index in [-0.39, 0.29) is 11.6 Å². The molecule has 110 valence electrons. The maximum absolute atomic E-state index is 13.6. The first kappa shape index (κ1) is 15.6. The Hall–Kier alpha value is -1.79. The maximum atomic E-state index is 13.6. The van der Waals surface area contributed by atoms with Gasteiger partial charge in [-0.25, -0.2) is 9.37 Å². The van der Waals surface area contributed by atoms with Gasteiger partial charge < -0.3 is 11.1 Å². The molecule has 0 aliphatic carbocycles. The summed E-state index contributed by atoms with van der Waals surface area (Å²) in [5.41, 5.74) is 6.00. The smallest absolute Gasteiger partial charge is 0.237 e. The van der Waals surface area contributed by atoms with Gasteiger partial charge >= 0.3 is 0 Å². The Kier molecular flexibility index (Phi) is 5.03. The monoisotopic (exact) mass is 325 g/mol. The zero-order valence-corrected chi connectivity index (χ0v) is 12.7. The number of anilines is 2. The second-order valence-electron chi connectivity index (χ2n) is 4.28. The van der Waals surface area contributed by atoms with E-state index < -0.39 is 11.1 Å². The van der Waals surface area contributed by atoms with Gasteiger partial charge in [-0.15, -0.1) is 0 Å². The van der Waals surface area contributed by atoms with Crippen LogP contribution in [0, 0.1) is 5.82 Å². The van der Waals surface area contributed by atoms with Gasteiger partial charge in [0.15, 0.2) is 0 Å². The molecule has 1 aromatic heterocycles. The van der Waals surface area contributed by atoms with E-state index in [4.69, 9.17) is 17.3 Å². The van der Waals surface area contributed by atoms with Crippen molar-refractivity contribution in [2.45, 2.75) is 17.2 Å². The second kappa shape index (κ2) is 6.78. The third-order valence-electron chi connectivity index (χ3n) is 2.63. The van der Waals surface area contributed by atoms with E-state index in [9.17, 15) is 9.18 Å². The Morgan fingerprint density at radius 2 is 2.24 bits per heavy atom. The maximum Gasteiger partial charge on any atom is 0.237 e. The highest BCUT2D eigenvalue weighted by Crippen LogP contribution is 2.28. The summed E-state index contributed by atoms with van der Waals surface area (Å²) in [5, 5.41) is 3.04. The molecule has 1 atom stereocenters. The lowest BCUT2D eigenvalue weighted by Gasteiger charge is -2.13. The predicted octanol–water partition coefficient (Wildman–Crippen LogP) is 3.58. The molecule has 0 bridgehead atoms. The topological polar surface area (TPSA) is 68.0 Å². The van der Waals surface area contributed by atoms with Crippen LogP contribution in [0.2, 0.25) is 5.02 Å². The average molecular weight is 326 g/mol. The number of carbonyl (C=O) groups excluding carboxylic acids is 1. The van der Waals surface area contributed by atoms with Crippen LogP contribution in [-0.4, -0.2) is 16.1 Å². The normalized spacial score (nSPS) is 12.0. The molecule has 1 aromatic carbocycles. The predicted molar refractivity (Wildman–Crippen MR) is 84.0 cm³/mol. The molecule has 1 amide bonds. The minimum Gasteiger partial charge on any atom is -0.399 e. The Labute approximate surface area is 130 Å². The molecule has 7 heteroatoms. The van der Waals surface area contributed by atoms with Crippen LogP contribution in [0.4, 0.5) is 15.8 Å². The first-order valence-electron chi connectivity index (χ1n) is 6.10. The van der Waals surface area contributed by atoms with Gasteiger partial charge in [-0.2, -0.15) is 0 Å². The van der Waals surface area contributed by atoms with E-state index in [1.54, 1.807) is 25.3 Å². The van der Waals surface area contributed by atoms with E-state index >= 15 is 0 Å². The molecule has 4 nitrogen and oxygen atoms in total. The number of nitrogen functional groups attached to an aromatic ring is 1. The number of hydrogen-bond acceptors (Lipinski definition) is 4. The quantitative estimate of drug-likeness (QED) is 0.666. The molecule has 1 unspecified atom stereocenters. The van der Waals surface area contributed by atoms with Gasteiger partial charge in [0.05, 0.1) is 16.0 Å². The number of pyridine rings is 1. The standard InChI is InChI=1S/C14H13ClFN3OS/c1-8(21-14-10(15)3-2-6-18-14)13(20)19-12-7-9(17)4-5-11(12)16/h2-8H,17H2,1H3,(H,19,20). The number of nitrogens with one attached hydrogen (secondary N) is 1. The van der Waals surface area contributed by atoms with Gasteiger partial charge in [-0.1, -0.05) is 23.4 Å². The van der Waals surface area contributed by atoms with Crippen molar-refractivity contribution in [2.24, 2.45) is 0 Å². The van der Waals surface area contributed by atoms with E-state index in [2.05, 4.69) is 10.3 Å². The van der Waals surface area contributed by atoms with Gasteiger partial charge in [-0.3, -0.25) is 4.79 Å². The summed E-state index contributed by atoms with van der Waals surface area (Å²) in [6.07, 6.45) is 1.59. The number of thioether (sulfide) groups is 1. The van der Waals surface area contributed by atoms with E-state index in [1.165, 1.54) is 30.0 Å². The lowest BCUT2D eigenvalue weighted by Crippen LogP contribution is -2.23. The summed E-state index contributed by atoms with van der Waals surface area (Å²) < 4.78 is 13.6. The number of rotatable bonds is 4. The average Bonchev–Trinajstić information content (AvgIpc) is 2.45. The third kappa shape index (κ3) is 4.09. The number of aromatic nitrogens is 1. The molecule has 0 saturated carbocycles.